The summed E-state index contributed by atoms with van der Waals surface area (Å²) in [6.45, 7) is 6.66. The van der Waals surface area contributed by atoms with E-state index in [0.717, 1.165) is 35.1 Å². The highest BCUT2D eigenvalue weighted by Gasteiger charge is 2.07. The molecule has 0 heterocycles. The summed E-state index contributed by atoms with van der Waals surface area (Å²) in [4.78, 5) is 10.7. The van der Waals surface area contributed by atoms with E-state index in [9.17, 15) is 4.79 Å². The van der Waals surface area contributed by atoms with E-state index in [-0.39, 0.29) is 0 Å². The van der Waals surface area contributed by atoms with E-state index in [1.807, 2.05) is 26.0 Å². The van der Waals surface area contributed by atoms with Crippen LogP contribution in [0.2, 0.25) is 0 Å². The number of ether oxygens (including phenoxy) is 1. The van der Waals surface area contributed by atoms with Gasteiger partial charge >= 0.3 is 0 Å². The van der Waals surface area contributed by atoms with Gasteiger partial charge < -0.3 is 4.74 Å². The van der Waals surface area contributed by atoms with Gasteiger partial charge in [0.15, 0.2) is 0 Å². The molecule has 0 N–H and O–H groups in total. The van der Waals surface area contributed by atoms with Crippen molar-refractivity contribution in [1.82, 2.24) is 0 Å². The first kappa shape index (κ1) is 10.8. The lowest BCUT2D eigenvalue weighted by Gasteiger charge is -2.12. The number of carbonyl (C=O) groups is 1. The van der Waals surface area contributed by atoms with Crippen molar-refractivity contribution < 1.29 is 9.53 Å². The van der Waals surface area contributed by atoms with Crippen molar-refractivity contribution in [3.63, 3.8) is 0 Å². The minimum absolute atomic E-state index is 0.661. The van der Waals surface area contributed by atoms with E-state index < -0.39 is 0 Å². The number of hydrogen-bond donors (Lipinski definition) is 0. The maximum absolute atomic E-state index is 10.7. The van der Waals surface area contributed by atoms with Gasteiger partial charge in [0.05, 0.1) is 6.61 Å². The zero-order valence-electron chi connectivity index (χ0n) is 8.96. The molecule has 0 spiro atoms. The van der Waals surface area contributed by atoms with Crippen molar-refractivity contribution in [3.05, 3.63) is 28.8 Å². The summed E-state index contributed by atoms with van der Waals surface area (Å²) in [5, 5.41) is 0. The van der Waals surface area contributed by atoms with E-state index in [1.165, 1.54) is 0 Å². The van der Waals surface area contributed by atoms with Gasteiger partial charge in [-0.3, -0.25) is 4.79 Å². The third-order valence-corrected chi connectivity index (χ3v) is 2.18. The van der Waals surface area contributed by atoms with E-state index in [4.69, 9.17) is 4.74 Å². The molecule has 0 aliphatic rings. The average molecular weight is 192 g/mol. The molecule has 0 saturated heterocycles. The Bertz CT molecular complexity index is 329. The number of aryl methyl sites for hydroxylation is 2. The summed E-state index contributed by atoms with van der Waals surface area (Å²) in [5.41, 5.74) is 2.87. The number of benzene rings is 1. The van der Waals surface area contributed by atoms with Gasteiger partial charge in [-0.1, -0.05) is 6.92 Å². The molecule has 2 heteroatoms. The molecule has 76 valence electrons. The van der Waals surface area contributed by atoms with Gasteiger partial charge in [0.2, 0.25) is 0 Å². The first-order chi connectivity index (χ1) is 6.72. The Hall–Kier alpha value is -1.31. The summed E-state index contributed by atoms with van der Waals surface area (Å²) in [6.07, 6.45) is 1.76. The van der Waals surface area contributed by atoms with Crippen LogP contribution in [-0.4, -0.2) is 12.9 Å². The smallest absolute Gasteiger partial charge is 0.150 e. The predicted molar refractivity (Wildman–Crippen MR) is 57.1 cm³/mol. The van der Waals surface area contributed by atoms with Crippen molar-refractivity contribution in [2.24, 2.45) is 0 Å². The Labute approximate surface area is 84.9 Å². The third kappa shape index (κ3) is 2.13. The van der Waals surface area contributed by atoms with Gasteiger partial charge in [-0.15, -0.1) is 0 Å². The molecular weight excluding hydrogens is 176 g/mol. The van der Waals surface area contributed by atoms with Crippen LogP contribution in [0, 0.1) is 6.92 Å². The molecule has 0 aliphatic carbocycles. The second-order valence-electron chi connectivity index (χ2n) is 3.23. The van der Waals surface area contributed by atoms with E-state index >= 15 is 0 Å². The number of hydrogen-bond acceptors (Lipinski definition) is 2. The molecule has 0 aliphatic heterocycles. The maximum atomic E-state index is 10.7. The van der Waals surface area contributed by atoms with Crippen molar-refractivity contribution in [2.75, 3.05) is 6.61 Å². The molecule has 2 nitrogen and oxygen atoms in total. The molecule has 0 aromatic heterocycles. The monoisotopic (exact) mass is 192 g/mol. The molecule has 0 bridgehead atoms. The minimum atomic E-state index is 0.661. The lowest BCUT2D eigenvalue weighted by Crippen LogP contribution is -1.99. The normalized spacial score (nSPS) is 9.93. The van der Waals surface area contributed by atoms with Crippen LogP contribution in [0.5, 0.6) is 5.75 Å². The zero-order valence-corrected chi connectivity index (χ0v) is 8.96. The van der Waals surface area contributed by atoms with Gasteiger partial charge in [0, 0.05) is 5.56 Å². The van der Waals surface area contributed by atoms with Crippen molar-refractivity contribution >= 4 is 6.29 Å². The summed E-state index contributed by atoms with van der Waals surface area (Å²) >= 11 is 0. The molecule has 0 radical (unpaired) electrons. The lowest BCUT2D eigenvalue weighted by atomic mass is 10.0. The van der Waals surface area contributed by atoms with Crippen LogP contribution < -0.4 is 4.74 Å². The molecule has 0 unspecified atom stereocenters. The summed E-state index contributed by atoms with van der Waals surface area (Å²) in [5.74, 6) is 0.931. The van der Waals surface area contributed by atoms with E-state index in [1.54, 1.807) is 0 Å². The molecule has 0 atom stereocenters. The summed E-state index contributed by atoms with van der Waals surface area (Å²) in [6, 6.07) is 3.75. The van der Waals surface area contributed by atoms with Gasteiger partial charge in [-0.2, -0.15) is 0 Å². The highest BCUT2D eigenvalue weighted by atomic mass is 16.5. The van der Waals surface area contributed by atoms with Crippen LogP contribution in [0.4, 0.5) is 0 Å². The molecule has 1 rings (SSSR count). The highest BCUT2D eigenvalue weighted by molar-refractivity contribution is 5.76. The number of aldehydes is 1. The third-order valence-electron chi connectivity index (χ3n) is 2.18. The molecule has 1 aromatic rings. The fourth-order valence-electron chi connectivity index (χ4n) is 1.56. The van der Waals surface area contributed by atoms with Crippen LogP contribution in [0.25, 0.3) is 0 Å². The van der Waals surface area contributed by atoms with E-state index in [0.29, 0.717) is 6.61 Å². The standard InChI is InChI=1S/C12H16O2/c1-4-11-7-10(8-13)6-9(3)12(11)14-5-2/h6-8H,4-5H2,1-3H3. The number of rotatable bonds is 4. The average Bonchev–Trinajstić information content (AvgIpc) is 2.20. The van der Waals surface area contributed by atoms with Crippen LogP contribution >= 0.6 is 0 Å². The fourth-order valence-corrected chi connectivity index (χ4v) is 1.56. The van der Waals surface area contributed by atoms with Gasteiger partial charge in [-0.05, 0) is 43.5 Å². The van der Waals surface area contributed by atoms with Gasteiger partial charge in [0.1, 0.15) is 12.0 Å². The van der Waals surface area contributed by atoms with Crippen LogP contribution in [0.3, 0.4) is 0 Å². The van der Waals surface area contributed by atoms with Crippen molar-refractivity contribution in [3.8, 4) is 5.75 Å². The molecule has 0 amide bonds. The zero-order chi connectivity index (χ0) is 10.6. The van der Waals surface area contributed by atoms with Gasteiger partial charge in [-0.25, -0.2) is 0 Å². The summed E-state index contributed by atoms with van der Waals surface area (Å²) < 4.78 is 5.54. The Morgan fingerprint density at radius 2 is 2.07 bits per heavy atom. The highest BCUT2D eigenvalue weighted by Crippen LogP contribution is 2.25. The topological polar surface area (TPSA) is 26.3 Å². The molecule has 1 aromatic carbocycles. The molecule has 0 saturated carbocycles. The lowest BCUT2D eigenvalue weighted by molar-refractivity contribution is 0.112. The van der Waals surface area contributed by atoms with Crippen molar-refractivity contribution in [1.29, 1.82) is 0 Å². The minimum Gasteiger partial charge on any atom is -0.493 e. The molecular formula is C12H16O2. The van der Waals surface area contributed by atoms with E-state index in [2.05, 4.69) is 6.92 Å². The molecule has 0 fully saturated rings. The Morgan fingerprint density at radius 3 is 2.57 bits per heavy atom. The SMILES string of the molecule is CCOc1c(C)cc(C=O)cc1CC. The first-order valence-electron chi connectivity index (χ1n) is 4.94. The van der Waals surface area contributed by atoms with Gasteiger partial charge in [0.25, 0.3) is 0 Å². The summed E-state index contributed by atoms with van der Waals surface area (Å²) in [7, 11) is 0. The Morgan fingerprint density at radius 1 is 1.36 bits per heavy atom. The fraction of sp³-hybridized carbons (Fsp3) is 0.417. The first-order valence-corrected chi connectivity index (χ1v) is 4.94. The van der Waals surface area contributed by atoms with Crippen molar-refractivity contribution in [2.45, 2.75) is 27.2 Å². The largest absolute Gasteiger partial charge is 0.493 e. The second kappa shape index (κ2) is 4.80. The Balaban J connectivity index is 3.19. The Kier molecular flexibility index (Phi) is 3.69. The number of carbonyl (C=O) groups excluding carboxylic acids is 1. The van der Waals surface area contributed by atoms with Crippen LogP contribution in [0.1, 0.15) is 35.3 Å². The maximum Gasteiger partial charge on any atom is 0.150 e. The predicted octanol–water partition coefficient (Wildman–Crippen LogP) is 2.77. The second-order valence-corrected chi connectivity index (χ2v) is 3.23. The van der Waals surface area contributed by atoms with Crippen LogP contribution in [0.15, 0.2) is 12.1 Å². The molecule has 14 heavy (non-hydrogen) atoms. The van der Waals surface area contributed by atoms with Crippen LogP contribution in [-0.2, 0) is 6.42 Å². The quantitative estimate of drug-likeness (QED) is 0.686.